The molecule has 0 saturated heterocycles. The Kier molecular flexibility index (Phi) is 5.12. The Balaban J connectivity index is 1.84. The molecule has 5 heteroatoms. The molecule has 1 aromatic rings. The first-order valence-electron chi connectivity index (χ1n) is 6.86. The van der Waals surface area contributed by atoms with Crippen molar-refractivity contribution < 1.29 is 14.3 Å². The van der Waals surface area contributed by atoms with E-state index in [-0.39, 0.29) is 11.9 Å². The Bertz CT molecular complexity index is 457. The van der Waals surface area contributed by atoms with E-state index in [4.69, 9.17) is 4.74 Å². The van der Waals surface area contributed by atoms with E-state index >= 15 is 0 Å². The minimum Gasteiger partial charge on any atom is -0.468 e. The second kappa shape index (κ2) is 7.05. The van der Waals surface area contributed by atoms with Crippen molar-refractivity contribution in [1.82, 2.24) is 10.6 Å². The summed E-state index contributed by atoms with van der Waals surface area (Å²) in [6, 6.07) is 9.18. The van der Waals surface area contributed by atoms with Gasteiger partial charge in [0.2, 0.25) is 5.91 Å². The third-order valence-corrected chi connectivity index (χ3v) is 3.21. The highest BCUT2D eigenvalue weighted by molar-refractivity contribution is 5.78. The van der Waals surface area contributed by atoms with Gasteiger partial charge in [0, 0.05) is 19.0 Å². The van der Waals surface area contributed by atoms with Crippen LogP contribution in [0.4, 0.5) is 0 Å². The number of benzene rings is 1. The molecule has 1 saturated carbocycles. The van der Waals surface area contributed by atoms with Crippen LogP contribution in [0.3, 0.4) is 0 Å². The summed E-state index contributed by atoms with van der Waals surface area (Å²) in [5, 5.41) is 5.99. The normalized spacial score (nSPS) is 15.4. The number of methoxy groups -OCH3 is 1. The van der Waals surface area contributed by atoms with Crippen LogP contribution in [0, 0.1) is 0 Å². The molecule has 0 aromatic heterocycles. The van der Waals surface area contributed by atoms with Crippen molar-refractivity contribution in [1.29, 1.82) is 0 Å². The SMILES string of the molecule is COC(=O)C(NCCC(=O)NC1CC1)c1ccccc1. The van der Waals surface area contributed by atoms with E-state index in [1.807, 2.05) is 30.3 Å². The first-order chi connectivity index (χ1) is 9.70. The van der Waals surface area contributed by atoms with Crippen LogP contribution in [-0.2, 0) is 14.3 Å². The van der Waals surface area contributed by atoms with Gasteiger partial charge in [-0.3, -0.25) is 4.79 Å². The zero-order chi connectivity index (χ0) is 14.4. The Morgan fingerprint density at radius 2 is 2.00 bits per heavy atom. The number of ether oxygens (including phenoxy) is 1. The molecule has 1 atom stereocenters. The Labute approximate surface area is 118 Å². The molecule has 20 heavy (non-hydrogen) atoms. The number of nitrogens with one attached hydrogen (secondary N) is 2. The summed E-state index contributed by atoms with van der Waals surface area (Å²) in [7, 11) is 1.36. The highest BCUT2D eigenvalue weighted by atomic mass is 16.5. The van der Waals surface area contributed by atoms with Crippen LogP contribution >= 0.6 is 0 Å². The minimum absolute atomic E-state index is 0.0247. The van der Waals surface area contributed by atoms with Crippen LogP contribution in [0.15, 0.2) is 30.3 Å². The van der Waals surface area contributed by atoms with Crippen molar-refractivity contribution in [3.8, 4) is 0 Å². The molecule has 0 bridgehead atoms. The van der Waals surface area contributed by atoms with Gasteiger partial charge in [0.15, 0.2) is 0 Å². The predicted molar refractivity (Wildman–Crippen MR) is 75.0 cm³/mol. The molecule has 0 heterocycles. The Hall–Kier alpha value is -1.88. The fourth-order valence-electron chi connectivity index (χ4n) is 1.96. The quantitative estimate of drug-likeness (QED) is 0.733. The van der Waals surface area contributed by atoms with E-state index in [9.17, 15) is 9.59 Å². The number of carbonyl (C=O) groups is 2. The fraction of sp³-hybridized carbons (Fsp3) is 0.467. The smallest absolute Gasteiger partial charge is 0.327 e. The van der Waals surface area contributed by atoms with E-state index in [1.54, 1.807) is 0 Å². The van der Waals surface area contributed by atoms with Crippen LogP contribution in [0.25, 0.3) is 0 Å². The maximum absolute atomic E-state index is 11.8. The summed E-state index contributed by atoms with van der Waals surface area (Å²) in [4.78, 5) is 23.4. The van der Waals surface area contributed by atoms with Crippen molar-refractivity contribution >= 4 is 11.9 Å². The number of esters is 1. The van der Waals surface area contributed by atoms with Crippen molar-refractivity contribution in [2.75, 3.05) is 13.7 Å². The predicted octanol–water partition coefficient (Wildman–Crippen LogP) is 1.16. The molecule has 1 unspecified atom stereocenters. The van der Waals surface area contributed by atoms with Gasteiger partial charge in [0.1, 0.15) is 6.04 Å². The molecule has 0 radical (unpaired) electrons. The summed E-state index contributed by atoms with van der Waals surface area (Å²) in [5.41, 5.74) is 0.835. The van der Waals surface area contributed by atoms with Gasteiger partial charge in [-0.05, 0) is 18.4 Å². The fourth-order valence-corrected chi connectivity index (χ4v) is 1.96. The maximum Gasteiger partial charge on any atom is 0.327 e. The Morgan fingerprint density at radius 1 is 1.30 bits per heavy atom. The lowest BCUT2D eigenvalue weighted by Gasteiger charge is -2.16. The van der Waals surface area contributed by atoms with Crippen LogP contribution in [-0.4, -0.2) is 31.6 Å². The minimum atomic E-state index is -0.532. The molecule has 0 spiro atoms. The monoisotopic (exact) mass is 276 g/mol. The molecule has 1 aliphatic rings. The third kappa shape index (κ3) is 4.35. The van der Waals surface area contributed by atoms with E-state index in [0.29, 0.717) is 19.0 Å². The van der Waals surface area contributed by atoms with E-state index in [1.165, 1.54) is 7.11 Å². The summed E-state index contributed by atoms with van der Waals surface area (Å²) in [6.07, 6.45) is 2.51. The van der Waals surface area contributed by atoms with Gasteiger partial charge in [0.25, 0.3) is 0 Å². The zero-order valence-corrected chi connectivity index (χ0v) is 11.6. The van der Waals surface area contributed by atoms with Crippen molar-refractivity contribution in [2.45, 2.75) is 31.3 Å². The Morgan fingerprint density at radius 3 is 2.60 bits per heavy atom. The molecule has 0 aliphatic heterocycles. The largest absolute Gasteiger partial charge is 0.468 e. The molecule has 1 aromatic carbocycles. The van der Waals surface area contributed by atoms with Gasteiger partial charge >= 0.3 is 5.97 Å². The molecule has 1 amide bonds. The van der Waals surface area contributed by atoms with E-state index in [2.05, 4.69) is 10.6 Å². The highest BCUT2D eigenvalue weighted by Gasteiger charge is 2.24. The highest BCUT2D eigenvalue weighted by Crippen LogP contribution is 2.18. The maximum atomic E-state index is 11.8. The van der Waals surface area contributed by atoms with Gasteiger partial charge in [-0.2, -0.15) is 0 Å². The first-order valence-corrected chi connectivity index (χ1v) is 6.86. The summed E-state index contributed by atoms with van der Waals surface area (Å²) < 4.78 is 4.80. The number of hydrogen-bond acceptors (Lipinski definition) is 4. The van der Waals surface area contributed by atoms with Gasteiger partial charge in [-0.25, -0.2) is 4.79 Å². The van der Waals surface area contributed by atoms with Crippen molar-refractivity contribution in [3.05, 3.63) is 35.9 Å². The molecule has 1 aliphatic carbocycles. The second-order valence-electron chi connectivity index (χ2n) is 4.91. The number of carbonyl (C=O) groups excluding carboxylic acids is 2. The zero-order valence-electron chi connectivity index (χ0n) is 11.6. The summed E-state index contributed by atoms with van der Waals surface area (Å²) in [6.45, 7) is 0.438. The van der Waals surface area contributed by atoms with Crippen LogP contribution < -0.4 is 10.6 Å². The number of rotatable bonds is 7. The summed E-state index contributed by atoms with van der Waals surface area (Å²) >= 11 is 0. The van der Waals surface area contributed by atoms with Crippen LogP contribution in [0.5, 0.6) is 0 Å². The molecule has 2 rings (SSSR count). The standard InChI is InChI=1S/C15H20N2O3/c1-20-15(19)14(11-5-3-2-4-6-11)16-10-9-13(18)17-12-7-8-12/h2-6,12,14,16H,7-10H2,1H3,(H,17,18). The lowest BCUT2D eigenvalue weighted by Crippen LogP contribution is -2.34. The van der Waals surface area contributed by atoms with Gasteiger partial charge in [-0.15, -0.1) is 0 Å². The molecule has 108 valence electrons. The number of hydrogen-bond donors (Lipinski definition) is 2. The second-order valence-corrected chi connectivity index (χ2v) is 4.91. The lowest BCUT2D eigenvalue weighted by molar-refractivity contribution is -0.143. The topological polar surface area (TPSA) is 67.4 Å². The van der Waals surface area contributed by atoms with E-state index < -0.39 is 6.04 Å². The van der Waals surface area contributed by atoms with Crippen molar-refractivity contribution in [2.24, 2.45) is 0 Å². The third-order valence-electron chi connectivity index (χ3n) is 3.21. The van der Waals surface area contributed by atoms with Gasteiger partial charge in [-0.1, -0.05) is 30.3 Å². The average molecular weight is 276 g/mol. The van der Waals surface area contributed by atoms with Crippen molar-refractivity contribution in [3.63, 3.8) is 0 Å². The van der Waals surface area contributed by atoms with Crippen LogP contribution in [0.2, 0.25) is 0 Å². The van der Waals surface area contributed by atoms with E-state index in [0.717, 1.165) is 18.4 Å². The first kappa shape index (κ1) is 14.5. The molecule has 5 nitrogen and oxygen atoms in total. The number of amides is 1. The molecular formula is C15H20N2O3. The molecular weight excluding hydrogens is 256 g/mol. The molecule has 2 N–H and O–H groups in total. The lowest BCUT2D eigenvalue weighted by atomic mass is 10.1. The average Bonchev–Trinajstić information content (AvgIpc) is 3.27. The molecule has 1 fully saturated rings. The van der Waals surface area contributed by atoms with Crippen LogP contribution in [0.1, 0.15) is 30.9 Å². The van der Waals surface area contributed by atoms with Gasteiger partial charge in [0.05, 0.1) is 7.11 Å². The van der Waals surface area contributed by atoms with Gasteiger partial charge < -0.3 is 15.4 Å². The summed E-state index contributed by atoms with van der Waals surface area (Å²) in [5.74, 6) is -0.324.